The maximum atomic E-state index is 10.8. The number of amides is 1. The van der Waals surface area contributed by atoms with Gasteiger partial charge in [-0.15, -0.1) is 0 Å². The van der Waals surface area contributed by atoms with E-state index in [1.807, 2.05) is 6.92 Å². The topological polar surface area (TPSA) is 38.3 Å². The van der Waals surface area contributed by atoms with Crippen LogP contribution in [0.15, 0.2) is 0 Å². The molecular weight excluding hydrogens is 142 g/mol. The Morgan fingerprint density at radius 3 is 2.64 bits per heavy atom. The molecule has 1 aliphatic rings. The van der Waals surface area contributed by atoms with Crippen molar-refractivity contribution in [2.45, 2.75) is 39.3 Å². The van der Waals surface area contributed by atoms with Gasteiger partial charge >= 0.3 is 6.09 Å². The van der Waals surface area contributed by atoms with Crippen LogP contribution in [-0.2, 0) is 4.74 Å². The molecule has 1 aliphatic heterocycles. The van der Waals surface area contributed by atoms with Crippen molar-refractivity contribution < 1.29 is 9.53 Å². The summed E-state index contributed by atoms with van der Waals surface area (Å²) in [6.07, 6.45) is 0.694. The van der Waals surface area contributed by atoms with Gasteiger partial charge in [-0.1, -0.05) is 20.8 Å². The Balaban J connectivity index is 2.57. The molecule has 3 nitrogen and oxygen atoms in total. The maximum Gasteiger partial charge on any atom is 0.407 e. The van der Waals surface area contributed by atoms with Gasteiger partial charge in [-0.25, -0.2) is 4.79 Å². The summed E-state index contributed by atoms with van der Waals surface area (Å²) in [5.41, 5.74) is 0. The molecule has 1 fully saturated rings. The Hall–Kier alpha value is -0.730. The molecule has 0 bridgehead atoms. The zero-order valence-electron chi connectivity index (χ0n) is 7.26. The van der Waals surface area contributed by atoms with Crippen molar-refractivity contribution in [1.29, 1.82) is 0 Å². The van der Waals surface area contributed by atoms with Gasteiger partial charge in [0.1, 0.15) is 6.10 Å². The Labute approximate surface area is 67.1 Å². The third-order valence-electron chi connectivity index (χ3n) is 2.06. The first-order chi connectivity index (χ1) is 5.15. The molecule has 3 heteroatoms. The minimum atomic E-state index is -0.268. The summed E-state index contributed by atoms with van der Waals surface area (Å²) in [6, 6.07) is 0.201. The monoisotopic (exact) mass is 157 g/mol. The van der Waals surface area contributed by atoms with Gasteiger partial charge in [0.25, 0.3) is 0 Å². The van der Waals surface area contributed by atoms with Crippen LogP contribution in [0, 0.1) is 5.92 Å². The molecule has 0 radical (unpaired) electrons. The molecule has 11 heavy (non-hydrogen) atoms. The minimum Gasteiger partial charge on any atom is -0.444 e. The number of carbonyl (C=O) groups excluding carboxylic acids is 1. The highest BCUT2D eigenvalue weighted by Gasteiger charge is 2.34. The third kappa shape index (κ3) is 1.64. The van der Waals surface area contributed by atoms with Crippen LogP contribution in [-0.4, -0.2) is 18.2 Å². The predicted octanol–water partition coefficient (Wildman–Crippen LogP) is 1.53. The zero-order chi connectivity index (χ0) is 8.43. The fourth-order valence-electron chi connectivity index (χ4n) is 1.41. The highest BCUT2D eigenvalue weighted by atomic mass is 16.6. The van der Waals surface area contributed by atoms with Crippen molar-refractivity contribution in [3.8, 4) is 0 Å². The van der Waals surface area contributed by atoms with Crippen LogP contribution in [0.4, 0.5) is 4.79 Å². The number of hydrogen-bond donors (Lipinski definition) is 1. The molecule has 0 aromatic heterocycles. The molecule has 1 rings (SSSR count). The molecule has 1 amide bonds. The van der Waals surface area contributed by atoms with E-state index in [9.17, 15) is 4.79 Å². The summed E-state index contributed by atoms with van der Waals surface area (Å²) in [7, 11) is 0. The molecule has 0 unspecified atom stereocenters. The smallest absolute Gasteiger partial charge is 0.407 e. The van der Waals surface area contributed by atoms with Crippen LogP contribution in [0.3, 0.4) is 0 Å². The molecule has 0 spiro atoms. The first-order valence-electron chi connectivity index (χ1n) is 4.12. The van der Waals surface area contributed by atoms with Crippen molar-refractivity contribution in [2.24, 2.45) is 5.92 Å². The van der Waals surface area contributed by atoms with Crippen LogP contribution in [0.1, 0.15) is 27.2 Å². The van der Waals surface area contributed by atoms with E-state index in [1.165, 1.54) is 0 Å². The molecule has 0 saturated carbocycles. The van der Waals surface area contributed by atoms with Crippen molar-refractivity contribution in [3.63, 3.8) is 0 Å². The highest BCUT2D eigenvalue weighted by molar-refractivity contribution is 5.70. The first kappa shape index (κ1) is 8.37. The Bertz CT molecular complexity index is 156. The standard InChI is InChI=1S/C8H15NO2/c1-4-6-7(5(2)3)9-8(10)11-6/h5-7H,4H2,1-3H3,(H,9,10)/t6-,7-/m0/s1. The number of nitrogens with one attached hydrogen (secondary N) is 1. The van der Waals surface area contributed by atoms with Crippen LogP contribution in [0.5, 0.6) is 0 Å². The predicted molar refractivity (Wildman–Crippen MR) is 42.3 cm³/mol. The second kappa shape index (κ2) is 3.11. The van der Waals surface area contributed by atoms with E-state index in [-0.39, 0.29) is 18.2 Å². The molecular formula is C8H15NO2. The molecule has 1 N–H and O–H groups in total. The van der Waals surface area contributed by atoms with Gasteiger partial charge in [0.15, 0.2) is 0 Å². The Morgan fingerprint density at radius 1 is 1.64 bits per heavy atom. The number of cyclic esters (lactones) is 1. The van der Waals surface area contributed by atoms with Gasteiger partial charge in [0.05, 0.1) is 6.04 Å². The molecule has 64 valence electrons. The summed E-state index contributed by atoms with van der Waals surface area (Å²) in [6.45, 7) is 6.20. The van der Waals surface area contributed by atoms with E-state index >= 15 is 0 Å². The van der Waals surface area contributed by atoms with Gasteiger partial charge < -0.3 is 10.1 Å². The summed E-state index contributed by atoms with van der Waals surface area (Å²) in [5, 5.41) is 2.79. The molecule has 0 aromatic carbocycles. The van der Waals surface area contributed by atoms with E-state index in [4.69, 9.17) is 4.74 Å². The van der Waals surface area contributed by atoms with Crippen LogP contribution >= 0.6 is 0 Å². The quantitative estimate of drug-likeness (QED) is 0.660. The van der Waals surface area contributed by atoms with Gasteiger partial charge in [0, 0.05) is 0 Å². The fourth-order valence-corrected chi connectivity index (χ4v) is 1.41. The normalized spacial score (nSPS) is 30.4. The van der Waals surface area contributed by atoms with E-state index in [1.54, 1.807) is 0 Å². The summed E-state index contributed by atoms with van der Waals surface area (Å²) in [5.74, 6) is 0.450. The molecule has 1 saturated heterocycles. The lowest BCUT2D eigenvalue weighted by Gasteiger charge is -2.18. The van der Waals surface area contributed by atoms with Crippen LogP contribution in [0.2, 0.25) is 0 Å². The SMILES string of the molecule is CC[C@@H]1OC(=O)N[C@H]1C(C)C. The Morgan fingerprint density at radius 2 is 2.27 bits per heavy atom. The zero-order valence-corrected chi connectivity index (χ0v) is 7.26. The molecule has 2 atom stereocenters. The number of rotatable bonds is 2. The summed E-state index contributed by atoms with van der Waals surface area (Å²) < 4.78 is 5.03. The lowest BCUT2D eigenvalue weighted by atomic mass is 9.98. The van der Waals surface area contributed by atoms with Gasteiger partial charge in [-0.2, -0.15) is 0 Å². The van der Waals surface area contributed by atoms with Gasteiger partial charge in [-0.3, -0.25) is 0 Å². The highest BCUT2D eigenvalue weighted by Crippen LogP contribution is 2.18. The van der Waals surface area contributed by atoms with Gasteiger partial charge in [0.2, 0.25) is 0 Å². The van der Waals surface area contributed by atoms with E-state index < -0.39 is 0 Å². The lowest BCUT2D eigenvalue weighted by Crippen LogP contribution is -2.35. The summed E-state index contributed by atoms with van der Waals surface area (Å²) >= 11 is 0. The van der Waals surface area contributed by atoms with Gasteiger partial charge in [-0.05, 0) is 12.3 Å². The van der Waals surface area contributed by atoms with Crippen molar-refractivity contribution in [2.75, 3.05) is 0 Å². The van der Waals surface area contributed by atoms with E-state index in [2.05, 4.69) is 19.2 Å². The number of alkyl carbamates (subject to hydrolysis) is 1. The van der Waals surface area contributed by atoms with Crippen LogP contribution < -0.4 is 5.32 Å². The maximum absolute atomic E-state index is 10.8. The summed E-state index contributed by atoms with van der Waals surface area (Å²) in [4.78, 5) is 10.8. The van der Waals surface area contributed by atoms with E-state index in [0.717, 1.165) is 6.42 Å². The first-order valence-corrected chi connectivity index (χ1v) is 4.12. The van der Waals surface area contributed by atoms with Crippen molar-refractivity contribution in [3.05, 3.63) is 0 Å². The van der Waals surface area contributed by atoms with Crippen LogP contribution in [0.25, 0.3) is 0 Å². The number of hydrogen-bond acceptors (Lipinski definition) is 2. The molecule has 0 aromatic rings. The Kier molecular flexibility index (Phi) is 2.37. The minimum absolute atomic E-state index is 0.0718. The lowest BCUT2D eigenvalue weighted by molar-refractivity contribution is 0.123. The number of ether oxygens (including phenoxy) is 1. The molecule has 0 aliphatic carbocycles. The van der Waals surface area contributed by atoms with Crippen molar-refractivity contribution >= 4 is 6.09 Å². The van der Waals surface area contributed by atoms with Crippen molar-refractivity contribution in [1.82, 2.24) is 5.32 Å². The van der Waals surface area contributed by atoms with E-state index in [0.29, 0.717) is 5.92 Å². The second-order valence-electron chi connectivity index (χ2n) is 3.27. The average molecular weight is 157 g/mol. The average Bonchev–Trinajstić information content (AvgIpc) is 2.30. The third-order valence-corrected chi connectivity index (χ3v) is 2.06. The molecule has 1 heterocycles. The fraction of sp³-hybridized carbons (Fsp3) is 0.875. The largest absolute Gasteiger partial charge is 0.444 e. The number of carbonyl (C=O) groups is 1. The second-order valence-corrected chi connectivity index (χ2v) is 3.27.